The first-order valence-corrected chi connectivity index (χ1v) is 5.85. The number of benzene rings is 1. The number of rotatable bonds is 2. The molecule has 0 saturated carbocycles. The molecule has 0 aliphatic carbocycles. The number of pyridine rings is 1. The SMILES string of the molecule is ClCc1cc2ccccc2c(-n2ccnc2)n1. The van der Waals surface area contributed by atoms with Gasteiger partial charge < -0.3 is 0 Å². The van der Waals surface area contributed by atoms with Crippen LogP contribution in [0.3, 0.4) is 0 Å². The van der Waals surface area contributed by atoms with Gasteiger partial charge in [-0.1, -0.05) is 24.3 Å². The van der Waals surface area contributed by atoms with E-state index in [1.54, 1.807) is 12.5 Å². The van der Waals surface area contributed by atoms with Crippen molar-refractivity contribution in [3.63, 3.8) is 0 Å². The van der Waals surface area contributed by atoms with Crippen LogP contribution in [-0.2, 0) is 5.88 Å². The summed E-state index contributed by atoms with van der Waals surface area (Å²) in [7, 11) is 0. The molecule has 2 heterocycles. The lowest BCUT2D eigenvalue weighted by Crippen LogP contribution is -1.98. The molecule has 84 valence electrons. The summed E-state index contributed by atoms with van der Waals surface area (Å²) in [6.07, 6.45) is 5.36. The van der Waals surface area contributed by atoms with Gasteiger partial charge in [-0.3, -0.25) is 4.57 Å². The molecule has 0 N–H and O–H groups in total. The third kappa shape index (κ3) is 1.78. The largest absolute Gasteiger partial charge is 0.290 e. The predicted octanol–water partition coefficient (Wildman–Crippen LogP) is 3.16. The van der Waals surface area contributed by atoms with Crippen LogP contribution in [0.1, 0.15) is 5.69 Å². The summed E-state index contributed by atoms with van der Waals surface area (Å²) >= 11 is 5.87. The first-order chi connectivity index (χ1) is 8.38. The van der Waals surface area contributed by atoms with Gasteiger partial charge in [-0.05, 0) is 11.5 Å². The maximum absolute atomic E-state index is 5.87. The van der Waals surface area contributed by atoms with Crippen LogP contribution in [0.2, 0.25) is 0 Å². The van der Waals surface area contributed by atoms with Crippen LogP contribution in [0.4, 0.5) is 0 Å². The molecule has 3 rings (SSSR count). The van der Waals surface area contributed by atoms with Gasteiger partial charge in [-0.15, -0.1) is 11.6 Å². The third-order valence-corrected chi connectivity index (χ3v) is 2.93. The number of imidazole rings is 1. The Morgan fingerprint density at radius 1 is 1.24 bits per heavy atom. The van der Waals surface area contributed by atoms with Crippen molar-refractivity contribution < 1.29 is 0 Å². The fraction of sp³-hybridized carbons (Fsp3) is 0.0769. The number of halogens is 1. The minimum Gasteiger partial charge on any atom is -0.290 e. The molecule has 1 aromatic carbocycles. The minimum atomic E-state index is 0.409. The summed E-state index contributed by atoms with van der Waals surface area (Å²) < 4.78 is 1.90. The average Bonchev–Trinajstić information content (AvgIpc) is 2.91. The fourth-order valence-electron chi connectivity index (χ4n) is 1.88. The molecular formula is C13H10ClN3. The Kier molecular flexibility index (Phi) is 2.53. The van der Waals surface area contributed by atoms with E-state index in [-0.39, 0.29) is 0 Å². The second-order valence-electron chi connectivity index (χ2n) is 3.76. The smallest absolute Gasteiger partial charge is 0.146 e. The van der Waals surface area contributed by atoms with Gasteiger partial charge in [-0.25, -0.2) is 9.97 Å². The minimum absolute atomic E-state index is 0.409. The first kappa shape index (κ1) is 10.3. The molecule has 0 amide bonds. The maximum atomic E-state index is 5.87. The quantitative estimate of drug-likeness (QED) is 0.648. The second-order valence-corrected chi connectivity index (χ2v) is 4.03. The van der Waals surface area contributed by atoms with E-state index in [1.165, 1.54) is 0 Å². The number of hydrogen-bond acceptors (Lipinski definition) is 2. The Balaban J connectivity index is 2.35. The highest BCUT2D eigenvalue weighted by atomic mass is 35.5. The molecule has 0 saturated heterocycles. The number of fused-ring (bicyclic) bond motifs is 1. The van der Waals surface area contributed by atoms with Crippen LogP contribution in [0.25, 0.3) is 16.6 Å². The highest BCUT2D eigenvalue weighted by Gasteiger charge is 2.06. The lowest BCUT2D eigenvalue weighted by atomic mass is 10.1. The van der Waals surface area contributed by atoms with Crippen LogP contribution >= 0.6 is 11.6 Å². The van der Waals surface area contributed by atoms with E-state index in [4.69, 9.17) is 11.6 Å². The third-order valence-electron chi connectivity index (χ3n) is 2.66. The molecule has 0 bridgehead atoms. The Morgan fingerprint density at radius 3 is 2.88 bits per heavy atom. The molecule has 0 spiro atoms. The summed E-state index contributed by atoms with van der Waals surface area (Å²) in [6.45, 7) is 0. The van der Waals surface area contributed by atoms with Gasteiger partial charge in [0.25, 0.3) is 0 Å². The number of alkyl halides is 1. The molecule has 0 fully saturated rings. The van der Waals surface area contributed by atoms with Crippen molar-refractivity contribution >= 4 is 22.4 Å². The first-order valence-electron chi connectivity index (χ1n) is 5.31. The van der Waals surface area contributed by atoms with Gasteiger partial charge in [0, 0.05) is 17.8 Å². The van der Waals surface area contributed by atoms with Gasteiger partial charge in [0.2, 0.25) is 0 Å². The molecule has 17 heavy (non-hydrogen) atoms. The molecule has 0 unspecified atom stereocenters. The summed E-state index contributed by atoms with van der Waals surface area (Å²) in [5.74, 6) is 1.28. The van der Waals surface area contributed by atoms with Gasteiger partial charge in [0.05, 0.1) is 11.6 Å². The van der Waals surface area contributed by atoms with Gasteiger partial charge in [0.15, 0.2) is 0 Å². The summed E-state index contributed by atoms with van der Waals surface area (Å²) in [4.78, 5) is 8.60. The molecule has 0 atom stereocenters. The summed E-state index contributed by atoms with van der Waals surface area (Å²) in [6, 6.07) is 10.1. The van der Waals surface area contributed by atoms with Crippen molar-refractivity contribution in [3.8, 4) is 5.82 Å². The van der Waals surface area contributed by atoms with Crippen molar-refractivity contribution in [2.75, 3.05) is 0 Å². The molecule has 2 aromatic heterocycles. The van der Waals surface area contributed by atoms with Crippen LogP contribution in [0.15, 0.2) is 49.1 Å². The Labute approximate surface area is 104 Å². The molecule has 3 nitrogen and oxygen atoms in total. The van der Waals surface area contributed by atoms with Crippen molar-refractivity contribution in [3.05, 3.63) is 54.7 Å². The number of hydrogen-bond donors (Lipinski definition) is 0. The highest BCUT2D eigenvalue weighted by Crippen LogP contribution is 2.22. The average molecular weight is 244 g/mol. The van der Waals surface area contributed by atoms with Gasteiger partial charge in [0.1, 0.15) is 12.1 Å². The standard InChI is InChI=1S/C13H10ClN3/c14-8-11-7-10-3-1-2-4-12(10)13(16-11)17-6-5-15-9-17/h1-7,9H,8H2. The second kappa shape index (κ2) is 4.18. The van der Waals surface area contributed by atoms with E-state index in [0.29, 0.717) is 5.88 Å². The Hall–Kier alpha value is -1.87. The molecular weight excluding hydrogens is 234 g/mol. The summed E-state index contributed by atoms with van der Waals surface area (Å²) in [5, 5.41) is 2.24. The molecule has 3 aromatic rings. The van der Waals surface area contributed by atoms with E-state index in [2.05, 4.69) is 22.1 Å². The van der Waals surface area contributed by atoms with Crippen molar-refractivity contribution in [1.29, 1.82) is 0 Å². The lowest BCUT2D eigenvalue weighted by molar-refractivity contribution is 0.986. The molecule has 4 heteroatoms. The molecule has 0 aliphatic heterocycles. The number of nitrogens with zero attached hydrogens (tertiary/aromatic N) is 3. The monoisotopic (exact) mass is 243 g/mol. The Bertz CT molecular complexity index is 647. The van der Waals surface area contributed by atoms with Gasteiger partial charge in [-0.2, -0.15) is 0 Å². The zero-order valence-corrected chi connectivity index (χ0v) is 9.80. The highest BCUT2D eigenvalue weighted by molar-refractivity contribution is 6.17. The van der Waals surface area contributed by atoms with Crippen LogP contribution in [0.5, 0.6) is 0 Å². The zero-order valence-electron chi connectivity index (χ0n) is 9.05. The van der Waals surface area contributed by atoms with E-state index >= 15 is 0 Å². The zero-order chi connectivity index (χ0) is 11.7. The number of aromatic nitrogens is 3. The maximum Gasteiger partial charge on any atom is 0.146 e. The fourth-order valence-corrected chi connectivity index (χ4v) is 2.02. The molecule has 0 radical (unpaired) electrons. The lowest BCUT2D eigenvalue weighted by Gasteiger charge is -2.08. The summed E-state index contributed by atoms with van der Waals surface area (Å²) in [5.41, 5.74) is 0.870. The van der Waals surface area contributed by atoms with E-state index in [9.17, 15) is 0 Å². The Morgan fingerprint density at radius 2 is 2.12 bits per heavy atom. The topological polar surface area (TPSA) is 30.7 Å². The molecule has 0 aliphatic rings. The van der Waals surface area contributed by atoms with E-state index in [0.717, 1.165) is 22.3 Å². The van der Waals surface area contributed by atoms with Crippen LogP contribution in [0, 0.1) is 0 Å². The van der Waals surface area contributed by atoms with Crippen LogP contribution in [-0.4, -0.2) is 14.5 Å². The normalized spacial score (nSPS) is 10.9. The van der Waals surface area contributed by atoms with Crippen molar-refractivity contribution in [2.45, 2.75) is 5.88 Å². The van der Waals surface area contributed by atoms with Gasteiger partial charge >= 0.3 is 0 Å². The predicted molar refractivity (Wildman–Crippen MR) is 68.4 cm³/mol. The van der Waals surface area contributed by atoms with Crippen molar-refractivity contribution in [1.82, 2.24) is 14.5 Å². The van der Waals surface area contributed by atoms with E-state index < -0.39 is 0 Å². The van der Waals surface area contributed by atoms with Crippen LogP contribution < -0.4 is 0 Å². The van der Waals surface area contributed by atoms with E-state index in [1.807, 2.05) is 29.0 Å². The van der Waals surface area contributed by atoms with Crippen molar-refractivity contribution in [2.24, 2.45) is 0 Å².